The summed E-state index contributed by atoms with van der Waals surface area (Å²) in [5.74, 6) is 0.282. The van der Waals surface area contributed by atoms with Crippen molar-refractivity contribution in [2.24, 2.45) is 5.41 Å². The van der Waals surface area contributed by atoms with Crippen LogP contribution < -0.4 is 0 Å². The second-order valence-electron chi connectivity index (χ2n) is 5.89. The fourth-order valence-electron chi connectivity index (χ4n) is 2.65. The second kappa shape index (κ2) is 4.48. The minimum atomic E-state index is 0.129. The normalized spacial score (nSPS) is 19.0. The molecule has 0 radical (unpaired) electrons. The highest BCUT2D eigenvalue weighted by Crippen LogP contribution is 2.35. The first-order valence-electron chi connectivity index (χ1n) is 6.23. The average molecular weight is 228 g/mol. The van der Waals surface area contributed by atoms with Crippen molar-refractivity contribution < 1.29 is 4.79 Å². The number of allylic oxidation sites excluding steroid dienone is 2. The third-order valence-electron chi connectivity index (χ3n) is 3.40. The molecule has 2 rings (SSSR count). The standard InChI is InChI=1S/C16H20O/c1-12-6-4-5-7-14(12)8-13-9-15(17)11-16(2,3)10-13/h4-7,9H,8,10-11H2,1-3H3. The Balaban J connectivity index is 2.20. The van der Waals surface area contributed by atoms with Crippen LogP contribution in [0.4, 0.5) is 0 Å². The summed E-state index contributed by atoms with van der Waals surface area (Å²) in [6.45, 7) is 6.48. The van der Waals surface area contributed by atoms with Crippen molar-refractivity contribution in [2.75, 3.05) is 0 Å². The first kappa shape index (κ1) is 12.1. The van der Waals surface area contributed by atoms with Gasteiger partial charge in [-0.2, -0.15) is 0 Å². The number of aryl methyl sites for hydroxylation is 1. The molecular formula is C16H20O. The van der Waals surface area contributed by atoms with Gasteiger partial charge in [-0.15, -0.1) is 0 Å². The maximum atomic E-state index is 11.7. The number of hydrogen-bond donors (Lipinski definition) is 0. The Morgan fingerprint density at radius 1 is 1.18 bits per heavy atom. The van der Waals surface area contributed by atoms with E-state index < -0.39 is 0 Å². The summed E-state index contributed by atoms with van der Waals surface area (Å²) in [4.78, 5) is 11.7. The summed E-state index contributed by atoms with van der Waals surface area (Å²) < 4.78 is 0. The molecule has 1 nitrogen and oxygen atoms in total. The van der Waals surface area contributed by atoms with Crippen molar-refractivity contribution in [1.82, 2.24) is 0 Å². The lowest BCUT2D eigenvalue weighted by Crippen LogP contribution is -2.22. The third-order valence-corrected chi connectivity index (χ3v) is 3.40. The Hall–Kier alpha value is -1.37. The predicted molar refractivity (Wildman–Crippen MR) is 71.0 cm³/mol. The van der Waals surface area contributed by atoms with Crippen molar-refractivity contribution in [3.05, 3.63) is 47.0 Å². The molecule has 1 heteroatoms. The first-order valence-corrected chi connectivity index (χ1v) is 6.23. The molecule has 17 heavy (non-hydrogen) atoms. The Morgan fingerprint density at radius 3 is 2.53 bits per heavy atom. The Labute approximate surface area is 104 Å². The van der Waals surface area contributed by atoms with Gasteiger partial charge < -0.3 is 0 Å². The lowest BCUT2D eigenvalue weighted by molar-refractivity contribution is -0.117. The summed E-state index contributed by atoms with van der Waals surface area (Å²) >= 11 is 0. The van der Waals surface area contributed by atoms with E-state index in [0.717, 1.165) is 12.8 Å². The Bertz CT molecular complexity index is 466. The van der Waals surface area contributed by atoms with Gasteiger partial charge >= 0.3 is 0 Å². The smallest absolute Gasteiger partial charge is 0.156 e. The van der Waals surface area contributed by atoms with E-state index in [1.165, 1.54) is 16.7 Å². The van der Waals surface area contributed by atoms with Crippen LogP contribution in [-0.4, -0.2) is 5.78 Å². The van der Waals surface area contributed by atoms with Gasteiger partial charge in [0.1, 0.15) is 0 Å². The molecule has 0 unspecified atom stereocenters. The highest BCUT2D eigenvalue weighted by Gasteiger charge is 2.27. The molecule has 0 saturated carbocycles. The summed E-state index contributed by atoms with van der Waals surface area (Å²) in [7, 11) is 0. The Morgan fingerprint density at radius 2 is 1.88 bits per heavy atom. The quantitative estimate of drug-likeness (QED) is 0.751. The molecule has 0 heterocycles. The van der Waals surface area contributed by atoms with Gasteiger partial charge in [0.05, 0.1) is 0 Å². The van der Waals surface area contributed by atoms with Crippen molar-refractivity contribution in [3.8, 4) is 0 Å². The van der Waals surface area contributed by atoms with Crippen LogP contribution in [0.5, 0.6) is 0 Å². The molecule has 0 aliphatic heterocycles. The van der Waals surface area contributed by atoms with Gasteiger partial charge in [0.15, 0.2) is 5.78 Å². The Kier molecular flexibility index (Phi) is 3.19. The fraction of sp³-hybridized carbons (Fsp3) is 0.438. The SMILES string of the molecule is Cc1ccccc1CC1=CC(=O)CC(C)(C)C1. The summed E-state index contributed by atoms with van der Waals surface area (Å²) in [6, 6.07) is 8.41. The number of rotatable bonds is 2. The van der Waals surface area contributed by atoms with Gasteiger partial charge in [-0.05, 0) is 42.4 Å². The van der Waals surface area contributed by atoms with Crippen LogP contribution >= 0.6 is 0 Å². The molecule has 1 aliphatic rings. The highest BCUT2D eigenvalue weighted by atomic mass is 16.1. The van der Waals surface area contributed by atoms with Crippen molar-refractivity contribution in [2.45, 2.75) is 40.0 Å². The van der Waals surface area contributed by atoms with Gasteiger partial charge in [0, 0.05) is 6.42 Å². The molecule has 90 valence electrons. The van der Waals surface area contributed by atoms with Crippen LogP contribution in [-0.2, 0) is 11.2 Å². The zero-order valence-electron chi connectivity index (χ0n) is 10.9. The third kappa shape index (κ3) is 3.06. The number of benzene rings is 1. The summed E-state index contributed by atoms with van der Waals surface area (Å²) in [6.07, 6.45) is 4.50. The monoisotopic (exact) mass is 228 g/mol. The molecule has 0 amide bonds. The van der Waals surface area contributed by atoms with Crippen molar-refractivity contribution >= 4 is 5.78 Å². The number of carbonyl (C=O) groups is 1. The van der Waals surface area contributed by atoms with Crippen molar-refractivity contribution in [1.29, 1.82) is 0 Å². The number of hydrogen-bond acceptors (Lipinski definition) is 1. The molecule has 0 bridgehead atoms. The molecule has 0 aromatic heterocycles. The second-order valence-corrected chi connectivity index (χ2v) is 5.89. The largest absolute Gasteiger partial charge is 0.295 e. The maximum Gasteiger partial charge on any atom is 0.156 e. The lowest BCUT2D eigenvalue weighted by atomic mass is 9.75. The molecule has 0 N–H and O–H groups in total. The molecule has 0 atom stereocenters. The van der Waals surface area contributed by atoms with E-state index >= 15 is 0 Å². The van der Waals surface area contributed by atoms with E-state index in [0.29, 0.717) is 6.42 Å². The van der Waals surface area contributed by atoms with Gasteiger partial charge in [-0.3, -0.25) is 4.79 Å². The van der Waals surface area contributed by atoms with Crippen LogP contribution in [0.2, 0.25) is 0 Å². The molecule has 1 aromatic carbocycles. The predicted octanol–water partition coefficient (Wildman–Crippen LogP) is 3.85. The molecule has 1 aromatic rings. The average Bonchev–Trinajstić information content (AvgIpc) is 2.18. The molecule has 0 saturated heterocycles. The van der Waals surface area contributed by atoms with Crippen LogP contribution in [0.25, 0.3) is 0 Å². The first-order chi connectivity index (χ1) is 7.96. The van der Waals surface area contributed by atoms with Crippen LogP contribution in [0.15, 0.2) is 35.9 Å². The van der Waals surface area contributed by atoms with Gasteiger partial charge in [0.25, 0.3) is 0 Å². The highest BCUT2D eigenvalue weighted by molar-refractivity contribution is 5.91. The summed E-state index contributed by atoms with van der Waals surface area (Å²) in [5, 5.41) is 0. The fourth-order valence-corrected chi connectivity index (χ4v) is 2.65. The van der Waals surface area contributed by atoms with Gasteiger partial charge in [0.2, 0.25) is 0 Å². The lowest BCUT2D eigenvalue weighted by Gasteiger charge is -2.29. The molecule has 0 fully saturated rings. The number of carbonyl (C=O) groups excluding carboxylic acids is 1. The van der Waals surface area contributed by atoms with E-state index in [2.05, 4.69) is 45.0 Å². The van der Waals surface area contributed by atoms with E-state index in [1.807, 2.05) is 6.08 Å². The topological polar surface area (TPSA) is 17.1 Å². The minimum absolute atomic E-state index is 0.129. The van der Waals surface area contributed by atoms with Gasteiger partial charge in [-0.1, -0.05) is 43.7 Å². The zero-order chi connectivity index (χ0) is 12.5. The van der Waals surface area contributed by atoms with Crippen molar-refractivity contribution in [3.63, 3.8) is 0 Å². The van der Waals surface area contributed by atoms with E-state index in [1.54, 1.807) is 0 Å². The van der Waals surface area contributed by atoms with Crippen LogP contribution in [0, 0.1) is 12.3 Å². The van der Waals surface area contributed by atoms with Gasteiger partial charge in [-0.25, -0.2) is 0 Å². The van der Waals surface area contributed by atoms with Crippen LogP contribution in [0.1, 0.15) is 37.8 Å². The number of ketones is 1. The zero-order valence-corrected chi connectivity index (χ0v) is 10.9. The van der Waals surface area contributed by atoms with E-state index in [9.17, 15) is 4.79 Å². The van der Waals surface area contributed by atoms with E-state index in [4.69, 9.17) is 0 Å². The summed E-state index contributed by atoms with van der Waals surface area (Å²) in [5.41, 5.74) is 4.05. The molecular weight excluding hydrogens is 208 g/mol. The minimum Gasteiger partial charge on any atom is -0.295 e. The maximum absolute atomic E-state index is 11.7. The molecule has 0 spiro atoms. The van der Waals surface area contributed by atoms with E-state index in [-0.39, 0.29) is 11.2 Å². The molecule has 1 aliphatic carbocycles. The van der Waals surface area contributed by atoms with Crippen LogP contribution in [0.3, 0.4) is 0 Å².